The van der Waals surface area contributed by atoms with Crippen molar-refractivity contribution in [3.8, 4) is 5.75 Å². The van der Waals surface area contributed by atoms with Gasteiger partial charge in [0.2, 0.25) is 0 Å². The Morgan fingerprint density at radius 2 is 1.73 bits per heavy atom. The lowest BCUT2D eigenvalue weighted by atomic mass is 9.80. The van der Waals surface area contributed by atoms with Gasteiger partial charge in [0.25, 0.3) is 0 Å². The van der Waals surface area contributed by atoms with Gasteiger partial charge in [-0.05, 0) is 66.6 Å². The van der Waals surface area contributed by atoms with Gasteiger partial charge in [-0.25, -0.2) is 0 Å². The fourth-order valence-electron chi connectivity index (χ4n) is 3.05. The summed E-state index contributed by atoms with van der Waals surface area (Å²) in [6.45, 7) is 13.4. The summed E-state index contributed by atoms with van der Waals surface area (Å²) in [7, 11) is -3.46. The van der Waals surface area contributed by atoms with Crippen LogP contribution in [0.5, 0.6) is 5.75 Å². The maximum Gasteiger partial charge on any atom is 0.488 e. The molecule has 30 heavy (non-hydrogen) atoms. The van der Waals surface area contributed by atoms with Crippen molar-refractivity contribution in [2.75, 3.05) is 0 Å². The monoisotopic (exact) mass is 429 g/mol. The molecule has 2 atom stereocenters. The molecule has 0 saturated heterocycles. The molecule has 2 N–H and O–H groups in total. The lowest BCUT2D eigenvalue weighted by molar-refractivity contribution is 0.0369. The quantitative estimate of drug-likeness (QED) is 0.560. The second-order valence-corrected chi connectivity index (χ2v) is 14.1. The van der Waals surface area contributed by atoms with Crippen molar-refractivity contribution >= 4 is 20.9 Å². The van der Waals surface area contributed by atoms with E-state index in [1.54, 1.807) is 30.5 Å². The Morgan fingerprint density at radius 3 is 2.23 bits per heavy atom. The van der Waals surface area contributed by atoms with Crippen LogP contribution in [0.15, 0.2) is 48.8 Å². The first kappa shape index (κ1) is 24.6. The summed E-state index contributed by atoms with van der Waals surface area (Å²) in [5.41, 5.74) is 1.64. The van der Waals surface area contributed by atoms with Gasteiger partial charge in [-0.15, -0.1) is 0 Å². The Kier molecular flexibility index (Phi) is 8.67. The molecule has 0 spiro atoms. The van der Waals surface area contributed by atoms with Crippen LogP contribution in [-0.4, -0.2) is 42.7 Å². The highest BCUT2D eigenvalue weighted by Crippen LogP contribution is 2.38. The fraction of sp³-hybridized carbons (Fsp3) is 0.522. The van der Waals surface area contributed by atoms with Crippen LogP contribution in [-0.2, 0) is 10.8 Å². The van der Waals surface area contributed by atoms with Crippen molar-refractivity contribution in [2.45, 2.75) is 77.3 Å². The molecular weight excluding hydrogens is 393 g/mol. The zero-order valence-corrected chi connectivity index (χ0v) is 20.1. The highest BCUT2D eigenvalue weighted by Gasteiger charge is 2.41. The van der Waals surface area contributed by atoms with Gasteiger partial charge in [0, 0.05) is 12.4 Å². The first-order valence-corrected chi connectivity index (χ1v) is 13.6. The van der Waals surface area contributed by atoms with Crippen molar-refractivity contribution in [1.82, 2.24) is 4.98 Å². The van der Waals surface area contributed by atoms with Crippen LogP contribution in [0.4, 0.5) is 0 Å². The van der Waals surface area contributed by atoms with Crippen molar-refractivity contribution < 1.29 is 19.2 Å². The van der Waals surface area contributed by atoms with Gasteiger partial charge in [0.15, 0.2) is 8.32 Å². The molecule has 0 aliphatic heterocycles. The van der Waals surface area contributed by atoms with Crippen molar-refractivity contribution in [1.29, 1.82) is 0 Å². The van der Waals surface area contributed by atoms with E-state index in [1.165, 1.54) is 5.56 Å². The average molecular weight is 429 g/mol. The molecule has 1 heterocycles. The molecule has 2 unspecified atom stereocenters. The number of benzene rings is 1. The third-order valence-corrected chi connectivity index (χ3v) is 10.5. The molecular formula is C23H36BNO4Si. The van der Waals surface area contributed by atoms with Gasteiger partial charge in [0.1, 0.15) is 11.9 Å². The lowest BCUT2D eigenvalue weighted by Gasteiger charge is -2.41. The number of nitrogens with zero attached hydrogens (tertiary/aromatic N) is 1. The molecule has 164 valence electrons. The third kappa shape index (κ3) is 6.94. The van der Waals surface area contributed by atoms with E-state index in [0.717, 1.165) is 19.3 Å². The Morgan fingerprint density at radius 1 is 1.07 bits per heavy atom. The summed E-state index contributed by atoms with van der Waals surface area (Å²) in [6.07, 6.45) is 6.10. The fourth-order valence-corrected chi connectivity index (χ4v) is 4.43. The van der Waals surface area contributed by atoms with Gasteiger partial charge in [0.05, 0.1) is 6.10 Å². The third-order valence-electron chi connectivity index (χ3n) is 5.98. The van der Waals surface area contributed by atoms with E-state index >= 15 is 0 Å². The normalized spacial score (nSPS) is 14.3. The Bertz CT molecular complexity index is 763. The SMILES string of the molecule is CCC(Oc1ccc(B(O)O)cc1)C(CCc1cccnc1)O[Si](C)(C)C(C)(C)C. The lowest BCUT2D eigenvalue weighted by Crippen LogP contribution is -2.48. The molecule has 5 nitrogen and oxygen atoms in total. The molecule has 0 amide bonds. The van der Waals surface area contributed by atoms with Crippen LogP contribution in [0, 0.1) is 0 Å². The van der Waals surface area contributed by atoms with Gasteiger partial charge in [-0.3, -0.25) is 4.98 Å². The van der Waals surface area contributed by atoms with Crippen LogP contribution < -0.4 is 10.2 Å². The second-order valence-electron chi connectivity index (χ2n) is 9.32. The standard InChI is InChI=1S/C23H36BNO4Si/c1-7-21(28-20-13-11-19(12-14-20)24(26)27)22(29-30(5,6)23(2,3)4)15-10-18-9-8-16-25-17-18/h8-9,11-14,16-17,21-22,26-27H,7,10,15H2,1-6H3. The van der Waals surface area contributed by atoms with E-state index in [4.69, 9.17) is 9.16 Å². The molecule has 2 rings (SSSR count). The van der Waals surface area contributed by atoms with Crippen molar-refractivity contribution in [3.05, 3.63) is 54.4 Å². The molecule has 2 aromatic rings. The number of aryl methyl sites for hydroxylation is 1. The molecule has 1 aromatic heterocycles. The minimum Gasteiger partial charge on any atom is -0.488 e. The molecule has 0 aliphatic rings. The van der Waals surface area contributed by atoms with Crippen LogP contribution in [0.3, 0.4) is 0 Å². The Labute approximate surface area is 182 Å². The molecule has 0 bridgehead atoms. The minimum atomic E-state index is -1.99. The predicted octanol–water partition coefficient (Wildman–Crippen LogP) is 3.94. The first-order chi connectivity index (χ1) is 14.0. The van der Waals surface area contributed by atoms with Gasteiger partial charge in [-0.1, -0.05) is 45.9 Å². The van der Waals surface area contributed by atoms with Crippen LogP contribution in [0.2, 0.25) is 18.1 Å². The summed E-state index contributed by atoms with van der Waals surface area (Å²) in [5.74, 6) is 0.705. The summed E-state index contributed by atoms with van der Waals surface area (Å²) >= 11 is 0. The van der Waals surface area contributed by atoms with Crippen LogP contribution in [0.1, 0.15) is 46.1 Å². The van der Waals surface area contributed by atoms with E-state index in [0.29, 0.717) is 11.2 Å². The summed E-state index contributed by atoms with van der Waals surface area (Å²) in [4.78, 5) is 4.23. The summed E-state index contributed by atoms with van der Waals surface area (Å²) in [5, 5.41) is 18.7. The number of hydrogen-bond donors (Lipinski definition) is 2. The number of hydrogen-bond acceptors (Lipinski definition) is 5. The van der Waals surface area contributed by atoms with Crippen LogP contribution >= 0.6 is 0 Å². The van der Waals surface area contributed by atoms with Crippen molar-refractivity contribution in [3.63, 3.8) is 0 Å². The summed E-state index contributed by atoms with van der Waals surface area (Å²) < 4.78 is 13.2. The van der Waals surface area contributed by atoms with Crippen LogP contribution in [0.25, 0.3) is 0 Å². The average Bonchev–Trinajstić information content (AvgIpc) is 2.69. The van der Waals surface area contributed by atoms with Gasteiger partial charge in [-0.2, -0.15) is 0 Å². The van der Waals surface area contributed by atoms with E-state index in [2.05, 4.69) is 51.8 Å². The van der Waals surface area contributed by atoms with Gasteiger partial charge >= 0.3 is 7.12 Å². The number of pyridine rings is 1. The number of ether oxygens (including phenoxy) is 1. The highest BCUT2D eigenvalue weighted by molar-refractivity contribution is 6.74. The number of rotatable bonds is 10. The topological polar surface area (TPSA) is 71.8 Å². The second kappa shape index (κ2) is 10.6. The van der Waals surface area contributed by atoms with Gasteiger partial charge < -0.3 is 19.2 Å². The first-order valence-electron chi connectivity index (χ1n) is 10.7. The zero-order chi connectivity index (χ0) is 22.4. The smallest absolute Gasteiger partial charge is 0.488 e. The minimum absolute atomic E-state index is 0.0424. The Hall–Kier alpha value is -1.67. The maximum absolute atomic E-state index is 9.31. The highest BCUT2D eigenvalue weighted by atomic mass is 28.4. The van der Waals surface area contributed by atoms with E-state index in [-0.39, 0.29) is 17.2 Å². The predicted molar refractivity (Wildman–Crippen MR) is 126 cm³/mol. The molecule has 1 aromatic carbocycles. The zero-order valence-electron chi connectivity index (χ0n) is 19.1. The molecule has 7 heteroatoms. The molecule has 0 radical (unpaired) electrons. The Balaban J connectivity index is 2.20. The van der Waals surface area contributed by atoms with Crippen molar-refractivity contribution in [2.24, 2.45) is 0 Å². The largest absolute Gasteiger partial charge is 0.488 e. The molecule has 0 fully saturated rings. The maximum atomic E-state index is 9.31. The van der Waals surface area contributed by atoms with E-state index in [9.17, 15) is 10.0 Å². The van der Waals surface area contributed by atoms with E-state index in [1.807, 2.05) is 12.3 Å². The summed E-state index contributed by atoms with van der Waals surface area (Å²) in [6, 6.07) is 11.0. The molecule has 0 aliphatic carbocycles. The molecule has 0 saturated carbocycles. The van der Waals surface area contributed by atoms with E-state index < -0.39 is 15.4 Å². The number of aromatic nitrogens is 1.